The molecule has 0 saturated carbocycles. The quantitative estimate of drug-likeness (QED) is 0.744. The SMILES string of the molecule is C[C@@]1(C(=O)NCc2ccc(N3CCC(CO)CC3)cc2)Cc2ccccc2C(=O)O1. The summed E-state index contributed by atoms with van der Waals surface area (Å²) in [5.74, 6) is -0.331. The molecule has 30 heavy (non-hydrogen) atoms. The molecule has 1 saturated heterocycles. The van der Waals surface area contributed by atoms with Crippen LogP contribution >= 0.6 is 0 Å². The van der Waals surface area contributed by atoms with Crippen LogP contribution in [0.3, 0.4) is 0 Å². The molecule has 0 spiro atoms. The molecule has 1 atom stereocenters. The number of benzene rings is 2. The molecule has 2 aromatic rings. The van der Waals surface area contributed by atoms with Crippen molar-refractivity contribution in [2.75, 3.05) is 24.6 Å². The van der Waals surface area contributed by atoms with Crippen molar-refractivity contribution in [3.63, 3.8) is 0 Å². The molecule has 6 nitrogen and oxygen atoms in total. The highest BCUT2D eigenvalue weighted by Gasteiger charge is 2.42. The van der Waals surface area contributed by atoms with Gasteiger partial charge < -0.3 is 20.1 Å². The van der Waals surface area contributed by atoms with Crippen molar-refractivity contribution in [2.45, 2.75) is 38.3 Å². The molecule has 0 bridgehead atoms. The fraction of sp³-hybridized carbons (Fsp3) is 0.417. The maximum Gasteiger partial charge on any atom is 0.339 e. The first-order chi connectivity index (χ1) is 14.5. The van der Waals surface area contributed by atoms with Gasteiger partial charge >= 0.3 is 5.97 Å². The zero-order chi connectivity index (χ0) is 21.1. The number of carbonyl (C=O) groups is 2. The minimum absolute atomic E-state index is 0.270. The van der Waals surface area contributed by atoms with Gasteiger partial charge in [-0.25, -0.2) is 4.79 Å². The van der Waals surface area contributed by atoms with Crippen molar-refractivity contribution in [1.82, 2.24) is 5.32 Å². The number of hydrogen-bond acceptors (Lipinski definition) is 5. The number of anilines is 1. The van der Waals surface area contributed by atoms with Crippen LogP contribution in [0.5, 0.6) is 0 Å². The third kappa shape index (κ3) is 4.19. The smallest absolute Gasteiger partial charge is 0.339 e. The van der Waals surface area contributed by atoms with E-state index in [2.05, 4.69) is 22.3 Å². The highest BCUT2D eigenvalue weighted by Crippen LogP contribution is 2.28. The maximum atomic E-state index is 12.8. The monoisotopic (exact) mass is 408 g/mol. The molecule has 2 heterocycles. The van der Waals surface area contributed by atoms with E-state index in [0.717, 1.165) is 42.7 Å². The van der Waals surface area contributed by atoms with Crippen molar-refractivity contribution < 1.29 is 19.4 Å². The number of carbonyl (C=O) groups excluding carboxylic acids is 2. The molecular formula is C24H28N2O4. The van der Waals surface area contributed by atoms with Gasteiger partial charge in [0.2, 0.25) is 0 Å². The highest BCUT2D eigenvalue weighted by molar-refractivity contribution is 5.97. The number of hydrogen-bond donors (Lipinski definition) is 2. The second-order valence-corrected chi connectivity index (χ2v) is 8.42. The molecule has 1 fully saturated rings. The Morgan fingerprint density at radius 1 is 1.17 bits per heavy atom. The Kier molecular flexibility index (Phi) is 5.77. The van der Waals surface area contributed by atoms with Gasteiger partial charge in [0.15, 0.2) is 5.60 Å². The van der Waals surface area contributed by atoms with Crippen molar-refractivity contribution in [3.8, 4) is 0 Å². The molecule has 2 aliphatic rings. The Morgan fingerprint density at radius 3 is 2.57 bits per heavy atom. The number of esters is 1. The zero-order valence-corrected chi connectivity index (χ0v) is 17.3. The predicted molar refractivity (Wildman–Crippen MR) is 114 cm³/mol. The summed E-state index contributed by atoms with van der Waals surface area (Å²) in [6.07, 6.45) is 2.38. The lowest BCUT2D eigenvalue weighted by Crippen LogP contribution is -2.51. The average Bonchev–Trinajstić information content (AvgIpc) is 2.78. The summed E-state index contributed by atoms with van der Waals surface area (Å²) in [7, 11) is 0. The molecule has 6 heteroatoms. The van der Waals surface area contributed by atoms with Gasteiger partial charge in [0.1, 0.15) is 0 Å². The number of fused-ring (bicyclic) bond motifs is 1. The Hall–Kier alpha value is -2.86. The van der Waals surface area contributed by atoms with Gasteiger partial charge in [-0.1, -0.05) is 30.3 Å². The van der Waals surface area contributed by atoms with Crippen LogP contribution in [0.25, 0.3) is 0 Å². The van der Waals surface area contributed by atoms with E-state index >= 15 is 0 Å². The molecule has 158 valence electrons. The molecule has 2 N–H and O–H groups in total. The second-order valence-electron chi connectivity index (χ2n) is 8.42. The fourth-order valence-corrected chi connectivity index (χ4v) is 4.23. The van der Waals surface area contributed by atoms with E-state index in [1.807, 2.05) is 24.3 Å². The fourth-order valence-electron chi connectivity index (χ4n) is 4.23. The third-order valence-electron chi connectivity index (χ3n) is 6.19. The topological polar surface area (TPSA) is 78.9 Å². The molecular weight excluding hydrogens is 380 g/mol. The number of rotatable bonds is 5. The summed E-state index contributed by atoms with van der Waals surface area (Å²) in [6, 6.07) is 15.4. The minimum Gasteiger partial charge on any atom is -0.445 e. The van der Waals surface area contributed by atoms with Gasteiger partial charge in [-0.15, -0.1) is 0 Å². The number of ether oxygens (including phenoxy) is 1. The molecule has 2 aliphatic heterocycles. The number of nitrogens with zero attached hydrogens (tertiary/aromatic N) is 1. The molecule has 1 amide bonds. The lowest BCUT2D eigenvalue weighted by atomic mass is 9.89. The van der Waals surface area contributed by atoms with E-state index in [1.165, 1.54) is 0 Å². The van der Waals surface area contributed by atoms with Crippen LogP contribution in [0.15, 0.2) is 48.5 Å². The van der Waals surface area contributed by atoms with Crippen LogP contribution < -0.4 is 10.2 Å². The van der Waals surface area contributed by atoms with Gasteiger partial charge in [0.25, 0.3) is 5.91 Å². The first-order valence-electron chi connectivity index (χ1n) is 10.5. The number of cyclic esters (lactones) is 1. The van der Waals surface area contributed by atoms with Gasteiger partial charge in [0.05, 0.1) is 5.56 Å². The van der Waals surface area contributed by atoms with Gasteiger partial charge in [-0.2, -0.15) is 0 Å². The van der Waals surface area contributed by atoms with E-state index in [4.69, 9.17) is 4.74 Å². The summed E-state index contributed by atoms with van der Waals surface area (Å²) < 4.78 is 5.49. The third-order valence-corrected chi connectivity index (χ3v) is 6.19. The van der Waals surface area contributed by atoms with E-state index in [0.29, 0.717) is 24.4 Å². The zero-order valence-electron chi connectivity index (χ0n) is 17.3. The standard InChI is InChI=1S/C24H28N2O4/c1-24(14-19-4-2-3-5-21(19)22(28)30-24)23(29)25-15-17-6-8-20(9-7-17)26-12-10-18(16-27)11-13-26/h2-9,18,27H,10-16H2,1H3,(H,25,29)/t24-/m0/s1. The van der Waals surface area contributed by atoms with Crippen LogP contribution in [0.1, 0.15) is 41.3 Å². The number of amides is 1. The van der Waals surface area contributed by atoms with Gasteiger partial charge in [0, 0.05) is 38.3 Å². The number of nitrogens with one attached hydrogen (secondary N) is 1. The van der Waals surface area contributed by atoms with Crippen molar-refractivity contribution >= 4 is 17.6 Å². The van der Waals surface area contributed by atoms with Crippen molar-refractivity contribution in [1.29, 1.82) is 0 Å². The first-order valence-corrected chi connectivity index (χ1v) is 10.5. The highest BCUT2D eigenvalue weighted by atomic mass is 16.6. The van der Waals surface area contributed by atoms with Gasteiger partial charge in [-0.05, 0) is 55.0 Å². The summed E-state index contributed by atoms with van der Waals surface area (Å²) >= 11 is 0. The Balaban J connectivity index is 1.35. The van der Waals surface area contributed by atoms with Crippen LogP contribution in [-0.4, -0.2) is 42.3 Å². The van der Waals surface area contributed by atoms with Crippen molar-refractivity contribution in [3.05, 3.63) is 65.2 Å². The minimum atomic E-state index is -1.21. The Bertz CT molecular complexity index is 919. The summed E-state index contributed by atoms with van der Waals surface area (Å²) in [4.78, 5) is 27.4. The lowest BCUT2D eigenvalue weighted by Gasteiger charge is -2.33. The summed E-state index contributed by atoms with van der Waals surface area (Å²) in [5, 5.41) is 12.2. The van der Waals surface area contributed by atoms with E-state index in [1.54, 1.807) is 19.1 Å². The summed E-state index contributed by atoms with van der Waals surface area (Å²) in [6.45, 7) is 4.21. The Morgan fingerprint density at radius 2 is 1.87 bits per heavy atom. The molecule has 2 aromatic carbocycles. The molecule has 0 aliphatic carbocycles. The number of aliphatic hydroxyl groups excluding tert-OH is 1. The normalized spacial score (nSPS) is 21.7. The van der Waals surface area contributed by atoms with Crippen molar-refractivity contribution in [2.24, 2.45) is 5.92 Å². The number of piperidine rings is 1. The van der Waals surface area contributed by atoms with E-state index < -0.39 is 11.6 Å². The molecule has 0 unspecified atom stereocenters. The van der Waals surface area contributed by atoms with E-state index in [9.17, 15) is 14.7 Å². The second kappa shape index (κ2) is 8.48. The first kappa shape index (κ1) is 20.4. The van der Waals surface area contributed by atoms with Gasteiger partial charge in [-0.3, -0.25) is 4.79 Å². The predicted octanol–water partition coefficient (Wildman–Crippen LogP) is 2.68. The maximum absolute atomic E-state index is 12.8. The van der Waals surface area contributed by atoms with Crippen LogP contribution in [0, 0.1) is 5.92 Å². The van der Waals surface area contributed by atoms with Crippen LogP contribution in [0.2, 0.25) is 0 Å². The molecule has 0 aromatic heterocycles. The van der Waals surface area contributed by atoms with Crippen LogP contribution in [-0.2, 0) is 22.5 Å². The number of aliphatic hydroxyl groups is 1. The van der Waals surface area contributed by atoms with E-state index in [-0.39, 0.29) is 12.5 Å². The Labute approximate surface area is 176 Å². The lowest BCUT2D eigenvalue weighted by molar-refractivity contribution is -0.139. The summed E-state index contributed by atoms with van der Waals surface area (Å²) in [5.41, 5.74) is 2.31. The van der Waals surface area contributed by atoms with Crippen LogP contribution in [0.4, 0.5) is 5.69 Å². The molecule has 4 rings (SSSR count). The average molecular weight is 408 g/mol. The largest absolute Gasteiger partial charge is 0.445 e. The molecule has 0 radical (unpaired) electrons.